The Hall–Kier alpha value is -2.69. The number of para-hydroxylation sites is 1. The molecule has 0 heterocycles. The molecule has 2 N–H and O–H groups in total. The van der Waals surface area contributed by atoms with E-state index < -0.39 is 17.2 Å². The fourth-order valence-electron chi connectivity index (χ4n) is 2.32. The van der Waals surface area contributed by atoms with E-state index in [-0.39, 0.29) is 11.7 Å². The van der Waals surface area contributed by atoms with Gasteiger partial charge in [-0.2, -0.15) is 0 Å². The average molecular weight is 342 g/mol. The highest BCUT2D eigenvalue weighted by Gasteiger charge is 2.36. The molecule has 0 fully saturated rings. The fourth-order valence-corrected chi connectivity index (χ4v) is 2.32. The number of hydrogen-bond acceptors (Lipinski definition) is 2. The van der Waals surface area contributed by atoms with E-state index in [9.17, 15) is 14.0 Å². The molecule has 2 aromatic rings. The minimum Gasteiger partial charge on any atom is -0.325 e. The van der Waals surface area contributed by atoms with Crippen LogP contribution in [0.15, 0.2) is 48.5 Å². The summed E-state index contributed by atoms with van der Waals surface area (Å²) >= 11 is 0. The molecule has 2 rings (SSSR count). The van der Waals surface area contributed by atoms with Gasteiger partial charge in [0, 0.05) is 11.4 Å². The molecular weight excluding hydrogens is 319 g/mol. The monoisotopic (exact) mass is 342 g/mol. The summed E-state index contributed by atoms with van der Waals surface area (Å²) in [6.45, 7) is 7.19. The van der Waals surface area contributed by atoms with Crippen LogP contribution >= 0.6 is 0 Å². The Kier molecular flexibility index (Phi) is 5.57. The van der Waals surface area contributed by atoms with Crippen molar-refractivity contribution in [2.45, 2.75) is 33.6 Å². The average Bonchev–Trinajstić information content (AvgIpc) is 2.57. The van der Waals surface area contributed by atoms with Crippen LogP contribution in [-0.4, -0.2) is 11.8 Å². The Morgan fingerprint density at radius 2 is 1.48 bits per heavy atom. The predicted molar refractivity (Wildman–Crippen MR) is 98.0 cm³/mol. The van der Waals surface area contributed by atoms with E-state index >= 15 is 0 Å². The summed E-state index contributed by atoms with van der Waals surface area (Å²) in [4.78, 5) is 25.2. The van der Waals surface area contributed by atoms with Crippen molar-refractivity contribution in [3.8, 4) is 0 Å². The summed E-state index contributed by atoms with van der Waals surface area (Å²) in [5, 5.41) is 5.50. The van der Waals surface area contributed by atoms with Crippen molar-refractivity contribution in [1.82, 2.24) is 0 Å². The third kappa shape index (κ3) is 4.44. The van der Waals surface area contributed by atoms with Gasteiger partial charge in [0.15, 0.2) is 0 Å². The van der Waals surface area contributed by atoms with Gasteiger partial charge in [-0.3, -0.25) is 9.59 Å². The SMILES string of the molecule is CC(C)c1ccccc1NC(=O)C(C)(C)C(=O)Nc1ccc(F)cc1. The maximum Gasteiger partial charge on any atom is 0.239 e. The topological polar surface area (TPSA) is 58.2 Å². The summed E-state index contributed by atoms with van der Waals surface area (Å²) < 4.78 is 13.0. The van der Waals surface area contributed by atoms with Crippen LogP contribution in [0.4, 0.5) is 15.8 Å². The van der Waals surface area contributed by atoms with Crippen LogP contribution in [0, 0.1) is 11.2 Å². The zero-order chi connectivity index (χ0) is 18.6. The number of benzene rings is 2. The third-order valence-corrected chi connectivity index (χ3v) is 4.07. The molecular formula is C20H23FN2O2. The molecule has 0 unspecified atom stereocenters. The van der Waals surface area contributed by atoms with Crippen LogP contribution < -0.4 is 10.6 Å². The molecule has 0 aliphatic heterocycles. The van der Waals surface area contributed by atoms with Gasteiger partial charge in [-0.15, -0.1) is 0 Å². The van der Waals surface area contributed by atoms with Crippen LogP contribution in [0.2, 0.25) is 0 Å². The largest absolute Gasteiger partial charge is 0.325 e. The molecule has 2 amide bonds. The first kappa shape index (κ1) is 18.6. The fraction of sp³-hybridized carbons (Fsp3) is 0.300. The smallest absolute Gasteiger partial charge is 0.239 e. The molecule has 0 aromatic heterocycles. The highest BCUT2D eigenvalue weighted by atomic mass is 19.1. The zero-order valence-electron chi connectivity index (χ0n) is 14.9. The lowest BCUT2D eigenvalue weighted by Gasteiger charge is -2.24. The Morgan fingerprint density at radius 3 is 2.08 bits per heavy atom. The molecule has 25 heavy (non-hydrogen) atoms. The minimum atomic E-state index is -1.29. The lowest BCUT2D eigenvalue weighted by molar-refractivity contribution is -0.135. The van der Waals surface area contributed by atoms with Crippen LogP contribution in [0.3, 0.4) is 0 Å². The Morgan fingerprint density at radius 1 is 0.920 bits per heavy atom. The van der Waals surface area contributed by atoms with Crippen LogP contribution in [0.5, 0.6) is 0 Å². The second-order valence-corrected chi connectivity index (χ2v) is 6.78. The van der Waals surface area contributed by atoms with Crippen molar-refractivity contribution in [3.63, 3.8) is 0 Å². The molecule has 2 aromatic carbocycles. The van der Waals surface area contributed by atoms with Crippen molar-refractivity contribution in [3.05, 3.63) is 59.9 Å². The Labute approximate surface area is 147 Å². The molecule has 0 spiro atoms. The normalized spacial score (nSPS) is 11.3. The summed E-state index contributed by atoms with van der Waals surface area (Å²) in [5.74, 6) is -1.01. The molecule has 0 atom stereocenters. The lowest BCUT2D eigenvalue weighted by atomic mass is 9.90. The number of carbonyl (C=O) groups is 2. The van der Waals surface area contributed by atoms with Gasteiger partial charge in [-0.25, -0.2) is 4.39 Å². The molecule has 5 heteroatoms. The number of carbonyl (C=O) groups excluding carboxylic acids is 2. The quantitative estimate of drug-likeness (QED) is 0.783. The first-order valence-electron chi connectivity index (χ1n) is 8.19. The van der Waals surface area contributed by atoms with Gasteiger partial charge in [0.1, 0.15) is 11.2 Å². The second-order valence-electron chi connectivity index (χ2n) is 6.78. The van der Waals surface area contributed by atoms with Gasteiger partial charge in [0.05, 0.1) is 0 Å². The molecule has 4 nitrogen and oxygen atoms in total. The van der Waals surface area contributed by atoms with Crippen LogP contribution in [0.1, 0.15) is 39.2 Å². The van der Waals surface area contributed by atoms with Gasteiger partial charge < -0.3 is 10.6 Å². The highest BCUT2D eigenvalue weighted by molar-refractivity contribution is 6.14. The first-order chi connectivity index (χ1) is 11.7. The maximum atomic E-state index is 13.0. The number of anilines is 2. The van der Waals surface area contributed by atoms with Crippen molar-refractivity contribution in [2.24, 2.45) is 5.41 Å². The van der Waals surface area contributed by atoms with Gasteiger partial charge in [0.25, 0.3) is 0 Å². The zero-order valence-corrected chi connectivity index (χ0v) is 14.9. The highest BCUT2D eigenvalue weighted by Crippen LogP contribution is 2.27. The molecule has 0 saturated carbocycles. The van der Waals surface area contributed by atoms with Crippen molar-refractivity contribution in [2.75, 3.05) is 10.6 Å². The summed E-state index contributed by atoms with van der Waals surface area (Å²) in [6.07, 6.45) is 0. The van der Waals surface area contributed by atoms with Crippen molar-refractivity contribution >= 4 is 23.2 Å². The number of rotatable bonds is 5. The number of hydrogen-bond donors (Lipinski definition) is 2. The molecule has 0 aliphatic carbocycles. The van der Waals surface area contributed by atoms with E-state index in [1.54, 1.807) is 13.8 Å². The first-order valence-corrected chi connectivity index (χ1v) is 8.19. The van der Waals surface area contributed by atoms with E-state index in [0.29, 0.717) is 11.4 Å². The van der Waals surface area contributed by atoms with Crippen LogP contribution in [-0.2, 0) is 9.59 Å². The van der Waals surface area contributed by atoms with E-state index in [4.69, 9.17) is 0 Å². The number of halogens is 1. The molecule has 0 bridgehead atoms. The number of nitrogens with one attached hydrogen (secondary N) is 2. The molecule has 0 aliphatic rings. The molecule has 0 saturated heterocycles. The van der Waals surface area contributed by atoms with Crippen molar-refractivity contribution < 1.29 is 14.0 Å². The van der Waals surface area contributed by atoms with Gasteiger partial charge in [0.2, 0.25) is 11.8 Å². The minimum absolute atomic E-state index is 0.243. The van der Waals surface area contributed by atoms with E-state index in [1.807, 2.05) is 38.1 Å². The van der Waals surface area contributed by atoms with E-state index in [0.717, 1.165) is 5.56 Å². The van der Waals surface area contributed by atoms with Crippen LogP contribution in [0.25, 0.3) is 0 Å². The Bertz CT molecular complexity index is 768. The summed E-state index contributed by atoms with van der Waals surface area (Å²) in [7, 11) is 0. The maximum absolute atomic E-state index is 13.0. The van der Waals surface area contributed by atoms with Gasteiger partial charge >= 0.3 is 0 Å². The predicted octanol–water partition coefficient (Wildman–Crippen LogP) is 4.55. The number of amides is 2. The summed E-state index contributed by atoms with van der Waals surface area (Å²) in [6, 6.07) is 12.9. The molecule has 132 valence electrons. The van der Waals surface area contributed by atoms with Gasteiger partial charge in [-0.1, -0.05) is 32.0 Å². The van der Waals surface area contributed by atoms with Crippen molar-refractivity contribution in [1.29, 1.82) is 0 Å². The van der Waals surface area contributed by atoms with E-state index in [2.05, 4.69) is 10.6 Å². The summed E-state index contributed by atoms with van der Waals surface area (Å²) in [5.41, 5.74) is 0.851. The molecule has 0 radical (unpaired) electrons. The lowest BCUT2D eigenvalue weighted by Crippen LogP contribution is -2.41. The van der Waals surface area contributed by atoms with Gasteiger partial charge in [-0.05, 0) is 55.7 Å². The second kappa shape index (κ2) is 7.47. The third-order valence-electron chi connectivity index (χ3n) is 4.07. The standard InChI is InChI=1S/C20H23FN2O2/c1-13(2)16-7-5-6-8-17(16)23-19(25)20(3,4)18(24)22-15-11-9-14(21)10-12-15/h5-13H,1-4H3,(H,22,24)(H,23,25). The van der Waals surface area contributed by atoms with E-state index in [1.165, 1.54) is 24.3 Å². The Balaban J connectivity index is 2.14.